The number of amides is 1. The second-order valence-corrected chi connectivity index (χ2v) is 6.43. The maximum absolute atomic E-state index is 12.2. The Labute approximate surface area is 161 Å². The zero-order chi connectivity index (χ0) is 19.5. The molecule has 4 aromatic rings. The van der Waals surface area contributed by atoms with Gasteiger partial charge in [0.25, 0.3) is 5.91 Å². The summed E-state index contributed by atoms with van der Waals surface area (Å²) in [6.07, 6.45) is 1.47. The Hall–Kier alpha value is -3.93. The molecule has 3 N–H and O–H groups in total. The predicted octanol–water partition coefficient (Wildman–Crippen LogP) is 4.01. The number of aromatic hydroxyl groups is 1. The first-order valence-electron chi connectivity index (χ1n) is 8.78. The van der Waals surface area contributed by atoms with Crippen molar-refractivity contribution < 1.29 is 9.90 Å². The number of carbonyl (C=O) groups is 1. The van der Waals surface area contributed by atoms with Gasteiger partial charge in [0.2, 0.25) is 0 Å². The van der Waals surface area contributed by atoms with Crippen LogP contribution in [0.5, 0.6) is 5.75 Å². The zero-order valence-electron chi connectivity index (χ0n) is 15.2. The largest absolute Gasteiger partial charge is 0.508 e. The first kappa shape index (κ1) is 17.5. The summed E-state index contributed by atoms with van der Waals surface area (Å²) in [5.41, 5.74) is 7.60. The number of aromatic nitrogens is 2. The maximum Gasteiger partial charge on any atom is 0.271 e. The molecule has 0 aliphatic rings. The van der Waals surface area contributed by atoms with Crippen molar-refractivity contribution in [2.45, 2.75) is 6.92 Å². The van der Waals surface area contributed by atoms with Gasteiger partial charge < -0.3 is 10.1 Å². The summed E-state index contributed by atoms with van der Waals surface area (Å²) in [6.45, 7) is 2.03. The molecule has 0 unspecified atom stereocenters. The Kier molecular flexibility index (Phi) is 4.60. The van der Waals surface area contributed by atoms with Crippen molar-refractivity contribution in [1.29, 1.82) is 0 Å². The number of para-hydroxylation sites is 1. The molecule has 1 aromatic heterocycles. The number of imidazole rings is 1. The molecule has 0 radical (unpaired) electrons. The van der Waals surface area contributed by atoms with Gasteiger partial charge in [0.15, 0.2) is 0 Å². The number of fused-ring (bicyclic) bond motifs is 1. The number of H-pyrrole nitrogens is 1. The second kappa shape index (κ2) is 7.36. The van der Waals surface area contributed by atoms with Crippen LogP contribution in [0.15, 0.2) is 71.8 Å². The molecular weight excluding hydrogens is 352 g/mol. The molecule has 0 bridgehead atoms. The lowest BCUT2D eigenvalue weighted by Gasteiger charge is -2.02. The summed E-state index contributed by atoms with van der Waals surface area (Å²) < 4.78 is 0. The standard InChI is InChI=1S/C22H18N4O2/c1-14-4-2-7-19-20(14)25-21(24-19)16-8-10-17(11-9-16)22(28)26-23-13-15-5-3-6-18(27)12-15/h2-13,27H,1H3,(H,24,25)(H,26,28)/b23-13+. The topological polar surface area (TPSA) is 90.4 Å². The molecule has 138 valence electrons. The Morgan fingerprint density at radius 2 is 1.89 bits per heavy atom. The Morgan fingerprint density at radius 3 is 2.64 bits per heavy atom. The molecule has 1 amide bonds. The molecule has 0 saturated carbocycles. The third-order valence-corrected chi connectivity index (χ3v) is 4.38. The lowest BCUT2D eigenvalue weighted by atomic mass is 10.1. The molecule has 0 spiro atoms. The average molecular weight is 370 g/mol. The van der Waals surface area contributed by atoms with E-state index in [4.69, 9.17) is 0 Å². The number of hydrogen-bond acceptors (Lipinski definition) is 4. The quantitative estimate of drug-likeness (QED) is 0.374. The predicted molar refractivity (Wildman–Crippen MR) is 109 cm³/mol. The van der Waals surface area contributed by atoms with Crippen molar-refractivity contribution >= 4 is 23.2 Å². The van der Waals surface area contributed by atoms with E-state index in [1.165, 1.54) is 6.21 Å². The molecule has 0 atom stereocenters. The highest BCUT2D eigenvalue weighted by atomic mass is 16.3. The Bertz CT molecular complexity index is 1180. The summed E-state index contributed by atoms with van der Waals surface area (Å²) in [7, 11) is 0. The summed E-state index contributed by atoms with van der Waals surface area (Å²) >= 11 is 0. The second-order valence-electron chi connectivity index (χ2n) is 6.43. The number of hydrazone groups is 1. The minimum absolute atomic E-state index is 0.145. The molecule has 0 fully saturated rings. The van der Waals surface area contributed by atoms with Crippen LogP contribution in [-0.2, 0) is 0 Å². The lowest BCUT2D eigenvalue weighted by molar-refractivity contribution is 0.0955. The van der Waals surface area contributed by atoms with Gasteiger partial charge in [-0.05, 0) is 48.4 Å². The van der Waals surface area contributed by atoms with Crippen LogP contribution in [-0.4, -0.2) is 27.2 Å². The third-order valence-electron chi connectivity index (χ3n) is 4.38. The smallest absolute Gasteiger partial charge is 0.271 e. The van der Waals surface area contributed by atoms with Gasteiger partial charge in [-0.3, -0.25) is 4.79 Å². The first-order chi connectivity index (χ1) is 13.6. The molecule has 3 aromatic carbocycles. The van der Waals surface area contributed by atoms with Crippen LogP contribution in [0.3, 0.4) is 0 Å². The van der Waals surface area contributed by atoms with E-state index in [0.717, 1.165) is 28.0 Å². The van der Waals surface area contributed by atoms with Crippen LogP contribution in [0.2, 0.25) is 0 Å². The fourth-order valence-electron chi connectivity index (χ4n) is 2.93. The molecule has 6 nitrogen and oxygen atoms in total. The summed E-state index contributed by atoms with van der Waals surface area (Å²) in [6, 6.07) is 19.8. The average Bonchev–Trinajstić information content (AvgIpc) is 3.14. The van der Waals surface area contributed by atoms with Crippen molar-refractivity contribution in [3.05, 3.63) is 83.4 Å². The van der Waals surface area contributed by atoms with E-state index >= 15 is 0 Å². The highest BCUT2D eigenvalue weighted by Gasteiger charge is 2.09. The van der Waals surface area contributed by atoms with Crippen LogP contribution in [0.1, 0.15) is 21.5 Å². The number of aryl methyl sites for hydroxylation is 1. The van der Waals surface area contributed by atoms with Gasteiger partial charge in [-0.1, -0.05) is 36.4 Å². The number of phenolic OH excluding ortho intramolecular Hbond substituents is 1. The Morgan fingerprint density at radius 1 is 1.11 bits per heavy atom. The number of rotatable bonds is 4. The van der Waals surface area contributed by atoms with Gasteiger partial charge in [0.05, 0.1) is 17.2 Å². The number of phenols is 1. The number of carbonyl (C=O) groups excluding carboxylic acids is 1. The molecule has 4 rings (SSSR count). The van der Waals surface area contributed by atoms with Crippen LogP contribution in [0.4, 0.5) is 0 Å². The van der Waals surface area contributed by atoms with Gasteiger partial charge in [0.1, 0.15) is 11.6 Å². The van der Waals surface area contributed by atoms with E-state index in [1.54, 1.807) is 36.4 Å². The first-order valence-corrected chi connectivity index (χ1v) is 8.78. The van der Waals surface area contributed by atoms with E-state index in [9.17, 15) is 9.90 Å². The molecule has 0 aliphatic heterocycles. The molecule has 1 heterocycles. The molecule has 28 heavy (non-hydrogen) atoms. The Balaban J connectivity index is 1.47. The van der Waals surface area contributed by atoms with Gasteiger partial charge >= 0.3 is 0 Å². The van der Waals surface area contributed by atoms with Gasteiger partial charge in [-0.25, -0.2) is 10.4 Å². The van der Waals surface area contributed by atoms with Gasteiger partial charge in [0, 0.05) is 11.1 Å². The van der Waals surface area contributed by atoms with Crippen molar-refractivity contribution in [2.24, 2.45) is 5.10 Å². The monoisotopic (exact) mass is 370 g/mol. The van der Waals surface area contributed by atoms with Crippen LogP contribution < -0.4 is 5.43 Å². The van der Waals surface area contributed by atoms with E-state index < -0.39 is 0 Å². The number of aromatic amines is 1. The van der Waals surface area contributed by atoms with Crippen LogP contribution in [0.25, 0.3) is 22.4 Å². The SMILES string of the molecule is Cc1cccc2[nH]c(-c3ccc(C(=O)N/N=C/c4cccc(O)c4)cc3)nc12. The van der Waals surface area contributed by atoms with Crippen molar-refractivity contribution in [1.82, 2.24) is 15.4 Å². The van der Waals surface area contributed by atoms with Crippen LogP contribution in [0, 0.1) is 6.92 Å². The minimum Gasteiger partial charge on any atom is -0.508 e. The molecule has 0 saturated heterocycles. The van der Waals surface area contributed by atoms with Gasteiger partial charge in [-0.2, -0.15) is 5.10 Å². The van der Waals surface area contributed by atoms with E-state index in [0.29, 0.717) is 11.1 Å². The molecule has 6 heteroatoms. The minimum atomic E-state index is -0.316. The molecular formula is C22H18N4O2. The van der Waals surface area contributed by atoms with Crippen molar-refractivity contribution in [3.8, 4) is 17.1 Å². The highest BCUT2D eigenvalue weighted by molar-refractivity contribution is 5.95. The fraction of sp³-hybridized carbons (Fsp3) is 0.0455. The summed E-state index contributed by atoms with van der Waals surface area (Å²) in [4.78, 5) is 20.2. The molecule has 0 aliphatic carbocycles. The number of benzene rings is 3. The van der Waals surface area contributed by atoms with E-state index in [1.807, 2.05) is 37.3 Å². The van der Waals surface area contributed by atoms with Crippen molar-refractivity contribution in [2.75, 3.05) is 0 Å². The third kappa shape index (κ3) is 3.61. The van der Waals surface area contributed by atoms with Crippen LogP contribution >= 0.6 is 0 Å². The normalized spacial score (nSPS) is 11.2. The number of nitrogens with one attached hydrogen (secondary N) is 2. The van der Waals surface area contributed by atoms with Gasteiger partial charge in [-0.15, -0.1) is 0 Å². The summed E-state index contributed by atoms with van der Waals surface area (Å²) in [5, 5.41) is 13.3. The lowest BCUT2D eigenvalue weighted by Crippen LogP contribution is -2.17. The summed E-state index contributed by atoms with van der Waals surface area (Å²) in [5.74, 6) is 0.591. The zero-order valence-corrected chi connectivity index (χ0v) is 15.2. The highest BCUT2D eigenvalue weighted by Crippen LogP contribution is 2.22. The number of hydrogen-bond donors (Lipinski definition) is 3. The maximum atomic E-state index is 12.2. The van der Waals surface area contributed by atoms with Crippen molar-refractivity contribution in [3.63, 3.8) is 0 Å². The number of nitrogens with zero attached hydrogens (tertiary/aromatic N) is 2. The fourth-order valence-corrected chi connectivity index (χ4v) is 2.93. The van der Waals surface area contributed by atoms with E-state index in [2.05, 4.69) is 20.5 Å². The van der Waals surface area contributed by atoms with E-state index in [-0.39, 0.29) is 11.7 Å².